The summed E-state index contributed by atoms with van der Waals surface area (Å²) in [6, 6.07) is 12.3. The molecule has 3 atom stereocenters. The van der Waals surface area contributed by atoms with Crippen LogP contribution >= 0.6 is 12.2 Å². The zero-order valence-corrected chi connectivity index (χ0v) is 19.8. The van der Waals surface area contributed by atoms with Crippen LogP contribution in [0.25, 0.3) is 5.65 Å². The van der Waals surface area contributed by atoms with Crippen molar-refractivity contribution in [1.29, 1.82) is 0 Å². The predicted molar refractivity (Wildman–Crippen MR) is 128 cm³/mol. The summed E-state index contributed by atoms with van der Waals surface area (Å²) in [4.78, 5) is 5.24. The van der Waals surface area contributed by atoms with Crippen LogP contribution in [-0.4, -0.2) is 42.2 Å². The van der Waals surface area contributed by atoms with Gasteiger partial charge in [0.15, 0.2) is 0 Å². The Morgan fingerprint density at radius 3 is 2.78 bits per heavy atom. The molecular weight excluding hydrogens is 444 g/mol. The SMILES string of the molecule is CNC(=S)C1(c2ccc3nccn3c2)CCCCC1OC(C)NS(=O)(=O)c1ccccc1. The summed E-state index contributed by atoms with van der Waals surface area (Å²) in [7, 11) is -1.87. The van der Waals surface area contributed by atoms with Gasteiger partial charge in [0, 0.05) is 25.6 Å². The number of aromatic nitrogens is 2. The molecule has 0 aliphatic heterocycles. The van der Waals surface area contributed by atoms with Gasteiger partial charge < -0.3 is 14.5 Å². The van der Waals surface area contributed by atoms with Gasteiger partial charge in [0.05, 0.1) is 21.4 Å². The lowest BCUT2D eigenvalue weighted by atomic mass is 9.67. The largest absolute Gasteiger partial charge is 0.382 e. The van der Waals surface area contributed by atoms with Crippen LogP contribution in [0.4, 0.5) is 0 Å². The van der Waals surface area contributed by atoms with Crippen molar-refractivity contribution in [3.63, 3.8) is 0 Å². The predicted octanol–water partition coefficient (Wildman–Crippen LogP) is 3.40. The molecule has 2 heterocycles. The Hall–Kier alpha value is -2.33. The first-order valence-corrected chi connectivity index (χ1v) is 12.6. The number of thiocarbonyl (C=S) groups is 1. The van der Waals surface area contributed by atoms with Crippen LogP contribution in [0, 0.1) is 0 Å². The van der Waals surface area contributed by atoms with Crippen LogP contribution in [-0.2, 0) is 20.2 Å². The lowest BCUT2D eigenvalue weighted by molar-refractivity contribution is -0.0525. The van der Waals surface area contributed by atoms with Crippen molar-refractivity contribution < 1.29 is 13.2 Å². The number of nitrogens with one attached hydrogen (secondary N) is 2. The fourth-order valence-electron chi connectivity index (χ4n) is 4.61. The second-order valence-corrected chi connectivity index (χ2v) is 10.2. The average Bonchev–Trinajstić information content (AvgIpc) is 3.27. The number of pyridine rings is 1. The number of hydrogen-bond donors (Lipinski definition) is 2. The standard InChI is InChI=1S/C23H28N4O3S2/c1-17(26-32(28,29)19-8-4-3-5-9-19)30-20-10-6-7-13-23(20,22(31)24-2)18-11-12-21-25-14-15-27(21)16-18/h3-5,8-9,11-12,14-17,20,26H,6-7,10,13H2,1-2H3,(H,24,31). The quantitative estimate of drug-likeness (QED) is 0.405. The van der Waals surface area contributed by atoms with Gasteiger partial charge in [-0.1, -0.05) is 49.3 Å². The van der Waals surface area contributed by atoms with Crippen molar-refractivity contribution in [3.05, 3.63) is 66.6 Å². The highest BCUT2D eigenvalue weighted by Gasteiger charge is 2.47. The molecule has 1 fully saturated rings. The van der Waals surface area contributed by atoms with Crippen LogP contribution in [0.1, 0.15) is 38.2 Å². The highest BCUT2D eigenvalue weighted by molar-refractivity contribution is 7.89. The first-order chi connectivity index (χ1) is 15.4. The van der Waals surface area contributed by atoms with Crippen LogP contribution in [0.5, 0.6) is 0 Å². The first kappa shape index (κ1) is 22.8. The van der Waals surface area contributed by atoms with Gasteiger partial charge in [-0.15, -0.1) is 0 Å². The second-order valence-electron chi connectivity index (χ2n) is 8.11. The molecule has 7 nitrogen and oxygen atoms in total. The van der Waals surface area contributed by atoms with E-state index in [4.69, 9.17) is 17.0 Å². The van der Waals surface area contributed by atoms with Crippen LogP contribution < -0.4 is 10.0 Å². The number of fused-ring (bicyclic) bond motifs is 1. The third kappa shape index (κ3) is 4.30. The molecule has 1 aromatic carbocycles. The zero-order valence-electron chi connectivity index (χ0n) is 18.2. The number of sulfonamides is 1. The van der Waals surface area contributed by atoms with E-state index in [9.17, 15) is 8.42 Å². The molecule has 2 N–H and O–H groups in total. The van der Waals surface area contributed by atoms with Gasteiger partial charge >= 0.3 is 0 Å². The highest BCUT2D eigenvalue weighted by Crippen LogP contribution is 2.42. The Kier molecular flexibility index (Phi) is 6.62. The Morgan fingerprint density at radius 1 is 1.25 bits per heavy atom. The summed E-state index contributed by atoms with van der Waals surface area (Å²) in [5.74, 6) is 0. The summed E-state index contributed by atoms with van der Waals surface area (Å²) in [5.41, 5.74) is 1.33. The minimum absolute atomic E-state index is 0.210. The molecule has 32 heavy (non-hydrogen) atoms. The maximum absolute atomic E-state index is 12.8. The van der Waals surface area contributed by atoms with Crippen molar-refractivity contribution >= 4 is 32.9 Å². The monoisotopic (exact) mass is 472 g/mol. The smallest absolute Gasteiger partial charge is 0.242 e. The fraction of sp³-hybridized carbons (Fsp3) is 0.391. The minimum atomic E-state index is -3.70. The van der Waals surface area contributed by atoms with Crippen LogP contribution in [0.15, 0.2) is 66.0 Å². The first-order valence-electron chi connectivity index (χ1n) is 10.7. The van der Waals surface area contributed by atoms with E-state index in [0.717, 1.165) is 36.9 Å². The molecule has 0 spiro atoms. The Labute approximate surface area is 194 Å². The van der Waals surface area contributed by atoms with E-state index in [0.29, 0.717) is 4.99 Å². The lowest BCUT2D eigenvalue weighted by Gasteiger charge is -2.45. The second kappa shape index (κ2) is 9.27. The number of ether oxygens (including phenoxy) is 1. The summed E-state index contributed by atoms with van der Waals surface area (Å²) in [6.07, 6.45) is 8.30. The number of likely N-dealkylation sites (N-methyl/N-ethyl adjacent to an activating group) is 1. The molecule has 2 aromatic heterocycles. The molecule has 0 radical (unpaired) electrons. The molecule has 0 amide bonds. The van der Waals surface area contributed by atoms with Crippen molar-refractivity contribution in [2.24, 2.45) is 0 Å². The Bertz CT molecular complexity index is 1200. The van der Waals surface area contributed by atoms with E-state index in [1.54, 1.807) is 43.5 Å². The molecule has 0 saturated heterocycles. The topological polar surface area (TPSA) is 84.7 Å². The van der Waals surface area contributed by atoms with Crippen LogP contribution in [0.2, 0.25) is 0 Å². The summed E-state index contributed by atoms with van der Waals surface area (Å²) < 4.78 is 36.6. The van der Waals surface area contributed by atoms with Crippen molar-refractivity contribution in [1.82, 2.24) is 19.4 Å². The summed E-state index contributed by atoms with van der Waals surface area (Å²) >= 11 is 5.83. The molecule has 9 heteroatoms. The van der Waals surface area contributed by atoms with Crippen molar-refractivity contribution in [2.45, 2.75) is 55.2 Å². The molecule has 170 valence electrons. The number of benzene rings is 1. The number of hydrogen-bond acceptors (Lipinski definition) is 5. The number of imidazole rings is 1. The van der Waals surface area contributed by atoms with Crippen molar-refractivity contribution in [2.75, 3.05) is 7.05 Å². The number of rotatable bonds is 7. The van der Waals surface area contributed by atoms with Gasteiger partial charge in [0.1, 0.15) is 11.9 Å². The Morgan fingerprint density at radius 2 is 2.03 bits per heavy atom. The zero-order chi connectivity index (χ0) is 22.8. The molecule has 1 saturated carbocycles. The third-order valence-corrected chi connectivity index (χ3v) is 8.22. The third-order valence-electron chi connectivity index (χ3n) is 6.12. The van der Waals surface area contributed by atoms with E-state index >= 15 is 0 Å². The molecule has 3 aromatic rings. The van der Waals surface area contributed by atoms with Gasteiger partial charge in [0.2, 0.25) is 10.0 Å². The van der Waals surface area contributed by atoms with Gasteiger partial charge in [-0.2, -0.15) is 4.72 Å². The molecule has 1 aliphatic carbocycles. The van der Waals surface area contributed by atoms with E-state index in [2.05, 4.69) is 15.0 Å². The average molecular weight is 473 g/mol. The van der Waals surface area contributed by atoms with Crippen LogP contribution in [0.3, 0.4) is 0 Å². The molecule has 0 bridgehead atoms. The van der Waals surface area contributed by atoms with Gasteiger partial charge in [-0.3, -0.25) is 0 Å². The number of nitrogens with zero attached hydrogens (tertiary/aromatic N) is 2. The highest BCUT2D eigenvalue weighted by atomic mass is 32.2. The van der Waals surface area contributed by atoms with E-state index < -0.39 is 21.7 Å². The van der Waals surface area contributed by atoms with Gasteiger partial charge in [0.25, 0.3) is 0 Å². The molecule has 1 aliphatic rings. The maximum Gasteiger partial charge on any atom is 0.242 e. The fourth-order valence-corrected chi connectivity index (χ4v) is 6.11. The summed E-state index contributed by atoms with van der Waals surface area (Å²) in [5, 5.41) is 3.18. The Balaban J connectivity index is 1.65. The molecule has 4 rings (SSSR count). The molecular formula is C23H28N4O3S2. The van der Waals surface area contributed by atoms with E-state index in [-0.39, 0.29) is 11.0 Å². The van der Waals surface area contributed by atoms with E-state index in [1.165, 1.54) is 0 Å². The minimum Gasteiger partial charge on any atom is -0.382 e. The summed E-state index contributed by atoms with van der Waals surface area (Å²) in [6.45, 7) is 1.72. The van der Waals surface area contributed by atoms with E-state index in [1.807, 2.05) is 36.0 Å². The maximum atomic E-state index is 12.8. The molecule has 3 unspecified atom stereocenters. The van der Waals surface area contributed by atoms with Gasteiger partial charge in [-0.05, 0) is 43.5 Å². The lowest BCUT2D eigenvalue weighted by Crippen LogP contribution is -2.55. The normalized spacial score (nSPS) is 22.5. The van der Waals surface area contributed by atoms with Crippen molar-refractivity contribution in [3.8, 4) is 0 Å². The van der Waals surface area contributed by atoms with Gasteiger partial charge in [-0.25, -0.2) is 13.4 Å².